The number of carbonyl (C=O) groups is 1. The largest absolute Gasteiger partial charge is 0.497 e. The van der Waals surface area contributed by atoms with Gasteiger partial charge in [-0.2, -0.15) is 0 Å². The van der Waals surface area contributed by atoms with Crippen molar-refractivity contribution in [1.29, 1.82) is 0 Å². The summed E-state index contributed by atoms with van der Waals surface area (Å²) in [6, 6.07) is 9.38. The van der Waals surface area contributed by atoms with Gasteiger partial charge in [0.2, 0.25) is 5.91 Å². The molecule has 0 saturated carbocycles. The van der Waals surface area contributed by atoms with Crippen LogP contribution in [-0.2, 0) is 4.79 Å². The van der Waals surface area contributed by atoms with Gasteiger partial charge in [-0.15, -0.1) is 0 Å². The summed E-state index contributed by atoms with van der Waals surface area (Å²) < 4.78 is 5.30. The molecule has 4 saturated heterocycles. The molecule has 0 radical (unpaired) electrons. The summed E-state index contributed by atoms with van der Waals surface area (Å²) in [6.07, 6.45) is 2.50. The summed E-state index contributed by atoms with van der Waals surface area (Å²) in [5.74, 6) is 2.41. The number of benzene rings is 1. The molecule has 0 N–H and O–H groups in total. The first kappa shape index (κ1) is 15.9. The number of rotatable bonds is 3. The molecule has 4 heterocycles. The number of fused-ring (bicyclic) bond motifs is 2. The first-order valence-electron chi connectivity index (χ1n) is 9.28. The lowest BCUT2D eigenvalue weighted by atomic mass is 9.75. The van der Waals surface area contributed by atoms with E-state index in [9.17, 15) is 4.79 Å². The number of ether oxygens (including phenoxy) is 1. The van der Waals surface area contributed by atoms with Gasteiger partial charge in [0.05, 0.1) is 13.2 Å². The van der Waals surface area contributed by atoms with Crippen molar-refractivity contribution in [2.75, 3.05) is 26.7 Å². The molecular formula is C20H28N2O2. The third-order valence-corrected chi connectivity index (χ3v) is 6.32. The number of hydrogen-bond donors (Lipinski definition) is 0. The summed E-state index contributed by atoms with van der Waals surface area (Å²) in [4.78, 5) is 17.7. The third-order valence-electron chi connectivity index (χ3n) is 6.32. The highest BCUT2D eigenvalue weighted by atomic mass is 16.5. The maximum Gasteiger partial charge on any atom is 0.225 e. The van der Waals surface area contributed by atoms with Gasteiger partial charge >= 0.3 is 0 Å². The first-order chi connectivity index (χ1) is 11.6. The Morgan fingerprint density at radius 3 is 2.38 bits per heavy atom. The zero-order chi connectivity index (χ0) is 16.8. The fourth-order valence-electron chi connectivity index (χ4n) is 5.15. The molecule has 5 rings (SSSR count). The maximum atomic E-state index is 12.8. The third kappa shape index (κ3) is 2.43. The van der Waals surface area contributed by atoms with Gasteiger partial charge in [-0.25, -0.2) is 0 Å². The van der Waals surface area contributed by atoms with Crippen LogP contribution in [0.15, 0.2) is 24.3 Å². The van der Waals surface area contributed by atoms with Crippen LogP contribution in [0.25, 0.3) is 0 Å². The van der Waals surface area contributed by atoms with E-state index in [4.69, 9.17) is 4.74 Å². The summed E-state index contributed by atoms with van der Waals surface area (Å²) in [6.45, 7) is 7.31. The lowest BCUT2D eigenvalue weighted by Gasteiger charge is -2.51. The SMILES string of the molecule is COc1ccc([C@@H]2CN(C(=O)C(C)C)[C@@H]3C4CCN(CC4)[C@@H]32)cc1. The van der Waals surface area contributed by atoms with Gasteiger partial charge in [-0.05, 0) is 49.5 Å². The molecule has 0 aliphatic carbocycles. The minimum atomic E-state index is 0.0794. The Hall–Kier alpha value is -1.55. The molecule has 0 spiro atoms. The number of carbonyl (C=O) groups excluding carboxylic acids is 1. The predicted molar refractivity (Wildman–Crippen MR) is 94.2 cm³/mol. The Labute approximate surface area is 144 Å². The minimum Gasteiger partial charge on any atom is -0.497 e. The standard InChI is InChI=1S/C20H28N2O2/c1-13(2)20(23)22-12-17(14-4-6-16(24-3)7-5-14)19-18(22)15-8-10-21(19)11-9-15/h4-7,13,15,17-19H,8-12H2,1-3H3/t17-,18+,19+/m0/s1. The van der Waals surface area contributed by atoms with Crippen molar-refractivity contribution in [2.45, 2.75) is 44.7 Å². The second kappa shape index (κ2) is 6.07. The van der Waals surface area contributed by atoms with Crippen molar-refractivity contribution in [2.24, 2.45) is 11.8 Å². The Kier molecular flexibility index (Phi) is 4.03. The number of likely N-dealkylation sites (tertiary alicyclic amines) is 1. The number of amides is 1. The highest BCUT2D eigenvalue weighted by Crippen LogP contribution is 2.47. The monoisotopic (exact) mass is 328 g/mol. The van der Waals surface area contributed by atoms with E-state index >= 15 is 0 Å². The molecule has 2 bridgehead atoms. The number of methoxy groups -OCH3 is 1. The van der Waals surface area contributed by atoms with E-state index < -0.39 is 0 Å². The van der Waals surface area contributed by atoms with Crippen LogP contribution in [-0.4, -0.2) is 54.5 Å². The molecule has 4 heteroatoms. The van der Waals surface area contributed by atoms with Crippen molar-refractivity contribution >= 4 is 5.91 Å². The smallest absolute Gasteiger partial charge is 0.225 e. The van der Waals surface area contributed by atoms with Crippen LogP contribution in [0.1, 0.15) is 38.2 Å². The zero-order valence-corrected chi connectivity index (χ0v) is 14.9. The van der Waals surface area contributed by atoms with Gasteiger partial charge in [0.25, 0.3) is 0 Å². The summed E-state index contributed by atoms with van der Waals surface area (Å²) >= 11 is 0. The van der Waals surface area contributed by atoms with Crippen molar-refractivity contribution < 1.29 is 9.53 Å². The van der Waals surface area contributed by atoms with E-state index in [1.54, 1.807) is 7.11 Å². The molecule has 4 aliphatic heterocycles. The fourth-order valence-corrected chi connectivity index (χ4v) is 5.15. The van der Waals surface area contributed by atoms with Crippen LogP contribution >= 0.6 is 0 Å². The molecule has 1 aromatic rings. The van der Waals surface area contributed by atoms with E-state index in [-0.39, 0.29) is 5.92 Å². The fraction of sp³-hybridized carbons (Fsp3) is 0.650. The molecule has 3 atom stereocenters. The molecule has 24 heavy (non-hydrogen) atoms. The van der Waals surface area contributed by atoms with Crippen LogP contribution in [0.2, 0.25) is 0 Å². The quantitative estimate of drug-likeness (QED) is 0.855. The second-order valence-corrected chi connectivity index (χ2v) is 7.88. The maximum absolute atomic E-state index is 12.8. The molecule has 4 aliphatic rings. The summed E-state index contributed by atoms with van der Waals surface area (Å²) in [5, 5.41) is 0. The zero-order valence-electron chi connectivity index (χ0n) is 14.9. The Morgan fingerprint density at radius 1 is 1.12 bits per heavy atom. The number of hydrogen-bond acceptors (Lipinski definition) is 3. The second-order valence-electron chi connectivity index (χ2n) is 7.88. The lowest BCUT2D eigenvalue weighted by Crippen LogP contribution is -2.61. The molecule has 1 amide bonds. The van der Waals surface area contributed by atoms with Crippen LogP contribution < -0.4 is 4.74 Å². The normalized spacial score (nSPS) is 34.5. The Bertz CT molecular complexity index is 605. The highest BCUT2D eigenvalue weighted by molar-refractivity contribution is 5.79. The van der Waals surface area contributed by atoms with Gasteiger partial charge in [0, 0.05) is 24.4 Å². The summed E-state index contributed by atoms with van der Waals surface area (Å²) in [7, 11) is 1.70. The average molecular weight is 328 g/mol. The van der Waals surface area contributed by atoms with E-state index in [1.807, 2.05) is 26.0 Å². The van der Waals surface area contributed by atoms with Crippen LogP contribution in [0.5, 0.6) is 5.75 Å². The molecule has 4 fully saturated rings. The van der Waals surface area contributed by atoms with E-state index in [0.717, 1.165) is 12.3 Å². The van der Waals surface area contributed by atoms with E-state index in [0.29, 0.717) is 29.8 Å². The Balaban J connectivity index is 1.68. The molecule has 0 aromatic heterocycles. The van der Waals surface area contributed by atoms with Gasteiger partial charge in [-0.1, -0.05) is 26.0 Å². The van der Waals surface area contributed by atoms with Crippen molar-refractivity contribution in [3.63, 3.8) is 0 Å². The molecular weight excluding hydrogens is 300 g/mol. The highest BCUT2D eigenvalue weighted by Gasteiger charge is 2.54. The average Bonchev–Trinajstić information content (AvgIpc) is 3.04. The van der Waals surface area contributed by atoms with Gasteiger partial charge in [0.1, 0.15) is 5.75 Å². The van der Waals surface area contributed by atoms with Crippen LogP contribution in [0, 0.1) is 11.8 Å². The van der Waals surface area contributed by atoms with Gasteiger partial charge in [-0.3, -0.25) is 9.69 Å². The number of piperidine rings is 3. The minimum absolute atomic E-state index is 0.0794. The molecule has 130 valence electrons. The van der Waals surface area contributed by atoms with Gasteiger partial charge < -0.3 is 9.64 Å². The number of nitrogens with zero attached hydrogens (tertiary/aromatic N) is 2. The van der Waals surface area contributed by atoms with Crippen LogP contribution in [0.4, 0.5) is 0 Å². The predicted octanol–water partition coefficient (Wildman–Crippen LogP) is 2.74. The van der Waals surface area contributed by atoms with Crippen molar-refractivity contribution in [3.8, 4) is 5.75 Å². The molecule has 4 nitrogen and oxygen atoms in total. The first-order valence-corrected chi connectivity index (χ1v) is 9.28. The van der Waals surface area contributed by atoms with Crippen molar-refractivity contribution in [1.82, 2.24) is 9.80 Å². The van der Waals surface area contributed by atoms with E-state index in [2.05, 4.69) is 21.9 Å². The van der Waals surface area contributed by atoms with E-state index in [1.165, 1.54) is 31.5 Å². The van der Waals surface area contributed by atoms with Crippen molar-refractivity contribution in [3.05, 3.63) is 29.8 Å². The molecule has 1 aromatic carbocycles. The topological polar surface area (TPSA) is 32.8 Å². The molecule has 0 unspecified atom stereocenters. The van der Waals surface area contributed by atoms with Gasteiger partial charge in [0.15, 0.2) is 0 Å². The van der Waals surface area contributed by atoms with Crippen LogP contribution in [0.3, 0.4) is 0 Å². The Morgan fingerprint density at radius 2 is 1.79 bits per heavy atom. The summed E-state index contributed by atoms with van der Waals surface area (Å²) in [5.41, 5.74) is 1.34. The lowest BCUT2D eigenvalue weighted by molar-refractivity contribution is -0.139.